The Morgan fingerprint density at radius 3 is 2.37 bits per heavy atom. The van der Waals surface area contributed by atoms with Gasteiger partial charge in [0.2, 0.25) is 0 Å². The largest absolute Gasteiger partial charge is 0.491 e. The van der Waals surface area contributed by atoms with Crippen LogP contribution < -0.4 is 10.5 Å². The first-order chi connectivity index (χ1) is 9.10. The second-order valence-corrected chi connectivity index (χ2v) is 5.87. The Morgan fingerprint density at radius 2 is 1.89 bits per heavy atom. The van der Waals surface area contributed by atoms with Crippen LogP contribution in [0.1, 0.15) is 38.3 Å². The summed E-state index contributed by atoms with van der Waals surface area (Å²) in [4.78, 5) is 2.38. The van der Waals surface area contributed by atoms with Crippen LogP contribution in [0.25, 0.3) is 0 Å². The molecule has 3 nitrogen and oxygen atoms in total. The van der Waals surface area contributed by atoms with Gasteiger partial charge in [-0.1, -0.05) is 12.1 Å². The van der Waals surface area contributed by atoms with Gasteiger partial charge in [0.1, 0.15) is 5.75 Å². The molecule has 0 radical (unpaired) electrons. The molecule has 1 aromatic carbocycles. The van der Waals surface area contributed by atoms with Gasteiger partial charge in [0, 0.05) is 19.1 Å². The van der Waals surface area contributed by atoms with E-state index < -0.39 is 0 Å². The van der Waals surface area contributed by atoms with Crippen LogP contribution >= 0.6 is 0 Å². The van der Waals surface area contributed by atoms with Crippen molar-refractivity contribution in [1.29, 1.82) is 0 Å². The lowest BCUT2D eigenvalue weighted by molar-refractivity contribution is 0.236. The first-order valence-corrected chi connectivity index (χ1v) is 7.27. The molecule has 2 N–H and O–H groups in total. The van der Waals surface area contributed by atoms with Gasteiger partial charge < -0.3 is 10.5 Å². The quantitative estimate of drug-likeness (QED) is 0.821. The Bertz CT molecular complexity index is 384. The average molecular weight is 262 g/mol. The molecule has 0 heterocycles. The number of likely N-dealkylation sites (N-methyl/N-ethyl adjacent to an activating group) is 1. The summed E-state index contributed by atoms with van der Waals surface area (Å²) in [6, 6.07) is 8.68. The minimum absolute atomic E-state index is 0.216. The summed E-state index contributed by atoms with van der Waals surface area (Å²) < 4.78 is 5.67. The van der Waals surface area contributed by atoms with Gasteiger partial charge in [0.05, 0.1) is 6.10 Å². The molecule has 1 atom stereocenters. The molecule has 19 heavy (non-hydrogen) atoms. The van der Waals surface area contributed by atoms with E-state index >= 15 is 0 Å². The van der Waals surface area contributed by atoms with Crippen molar-refractivity contribution < 1.29 is 4.74 Å². The Kier molecular flexibility index (Phi) is 4.83. The summed E-state index contributed by atoms with van der Waals surface area (Å²) in [5.41, 5.74) is 7.23. The molecule has 106 valence electrons. The summed E-state index contributed by atoms with van der Waals surface area (Å²) in [7, 11) is 2.17. The fraction of sp³-hybridized carbons (Fsp3) is 0.625. The molecule has 1 aliphatic rings. The first-order valence-electron chi connectivity index (χ1n) is 7.27. The van der Waals surface area contributed by atoms with Crippen molar-refractivity contribution in [2.75, 3.05) is 20.1 Å². The summed E-state index contributed by atoms with van der Waals surface area (Å²) in [6.45, 7) is 5.90. The lowest BCUT2D eigenvalue weighted by atomic mass is 10.1. The highest BCUT2D eigenvalue weighted by molar-refractivity contribution is 5.29. The van der Waals surface area contributed by atoms with E-state index in [-0.39, 0.29) is 6.10 Å². The topological polar surface area (TPSA) is 38.5 Å². The van der Waals surface area contributed by atoms with Crippen LogP contribution in [0.15, 0.2) is 24.3 Å². The van der Waals surface area contributed by atoms with Crippen molar-refractivity contribution in [1.82, 2.24) is 4.90 Å². The maximum atomic E-state index is 5.95. The number of hydrogen-bond donors (Lipinski definition) is 1. The zero-order valence-electron chi connectivity index (χ0n) is 12.3. The van der Waals surface area contributed by atoms with Crippen molar-refractivity contribution in [3.8, 4) is 5.75 Å². The molecule has 1 aromatic rings. The lowest BCUT2D eigenvalue weighted by Gasteiger charge is -2.27. The van der Waals surface area contributed by atoms with Crippen molar-refractivity contribution in [3.05, 3.63) is 29.8 Å². The van der Waals surface area contributed by atoms with E-state index in [4.69, 9.17) is 10.5 Å². The van der Waals surface area contributed by atoms with Gasteiger partial charge in [-0.2, -0.15) is 0 Å². The van der Waals surface area contributed by atoms with Crippen LogP contribution in [-0.2, 0) is 0 Å². The van der Waals surface area contributed by atoms with Gasteiger partial charge in [-0.3, -0.25) is 4.90 Å². The molecule has 0 aliphatic heterocycles. The van der Waals surface area contributed by atoms with E-state index in [1.54, 1.807) is 0 Å². The molecular formula is C16H26N2O. The van der Waals surface area contributed by atoms with Crippen molar-refractivity contribution in [2.45, 2.75) is 38.8 Å². The number of hydrogen-bond acceptors (Lipinski definition) is 3. The van der Waals surface area contributed by atoms with Crippen molar-refractivity contribution in [2.24, 2.45) is 11.7 Å². The smallest absolute Gasteiger partial charge is 0.119 e. The molecule has 1 aliphatic carbocycles. The monoisotopic (exact) mass is 262 g/mol. The Balaban J connectivity index is 2.00. The zero-order valence-corrected chi connectivity index (χ0v) is 12.3. The van der Waals surface area contributed by atoms with Crippen LogP contribution in [0, 0.1) is 5.92 Å². The third-order valence-corrected chi connectivity index (χ3v) is 3.64. The van der Waals surface area contributed by atoms with Crippen molar-refractivity contribution >= 4 is 0 Å². The van der Waals surface area contributed by atoms with E-state index in [1.165, 1.54) is 18.4 Å². The maximum Gasteiger partial charge on any atom is 0.119 e. The molecule has 2 rings (SSSR count). The van der Waals surface area contributed by atoms with Crippen molar-refractivity contribution in [3.63, 3.8) is 0 Å². The highest BCUT2D eigenvalue weighted by Crippen LogP contribution is 2.32. The predicted octanol–water partition coefficient (Wildman–Crippen LogP) is 2.82. The van der Waals surface area contributed by atoms with Crippen LogP contribution in [0.5, 0.6) is 5.75 Å². The standard InChI is InChI=1S/C16H26N2O/c1-12(2)19-15-8-6-14(7-9-15)16(10-17)18(3)11-13-4-5-13/h6-9,12-13,16H,4-5,10-11,17H2,1-3H3. The van der Waals surface area contributed by atoms with E-state index in [1.807, 2.05) is 26.0 Å². The molecule has 0 bridgehead atoms. The second kappa shape index (κ2) is 6.40. The van der Waals surface area contributed by atoms with Crippen LogP contribution in [0.3, 0.4) is 0 Å². The summed E-state index contributed by atoms with van der Waals surface area (Å²) >= 11 is 0. The van der Waals surface area contributed by atoms with E-state index in [9.17, 15) is 0 Å². The summed E-state index contributed by atoms with van der Waals surface area (Å²) in [6.07, 6.45) is 2.97. The Morgan fingerprint density at radius 1 is 1.26 bits per heavy atom. The van der Waals surface area contributed by atoms with E-state index in [2.05, 4.69) is 24.1 Å². The predicted molar refractivity (Wildman–Crippen MR) is 79.4 cm³/mol. The minimum atomic E-state index is 0.216. The van der Waals surface area contributed by atoms with E-state index in [0.717, 1.165) is 18.2 Å². The number of nitrogens with two attached hydrogens (primary N) is 1. The molecule has 0 spiro atoms. The Labute approximate surface area is 116 Å². The van der Waals surface area contributed by atoms with Gasteiger partial charge in [-0.25, -0.2) is 0 Å². The lowest BCUT2D eigenvalue weighted by Crippen LogP contribution is -2.32. The maximum absolute atomic E-state index is 5.95. The van der Waals surface area contributed by atoms with E-state index in [0.29, 0.717) is 12.6 Å². The molecule has 0 saturated heterocycles. The second-order valence-electron chi connectivity index (χ2n) is 5.87. The molecule has 1 saturated carbocycles. The number of ether oxygens (including phenoxy) is 1. The normalized spacial score (nSPS) is 16.9. The van der Waals surface area contributed by atoms with Gasteiger partial charge in [-0.05, 0) is 57.4 Å². The fourth-order valence-corrected chi connectivity index (χ4v) is 2.45. The van der Waals surface area contributed by atoms with Crippen LogP contribution in [0.4, 0.5) is 0 Å². The zero-order chi connectivity index (χ0) is 13.8. The SMILES string of the molecule is CC(C)Oc1ccc(C(CN)N(C)CC2CC2)cc1. The molecule has 3 heteroatoms. The number of rotatable bonds is 7. The first kappa shape index (κ1) is 14.4. The van der Waals surface area contributed by atoms with Gasteiger partial charge in [-0.15, -0.1) is 0 Å². The third-order valence-electron chi connectivity index (χ3n) is 3.64. The molecule has 1 unspecified atom stereocenters. The average Bonchev–Trinajstić information content (AvgIpc) is 3.15. The Hall–Kier alpha value is -1.06. The highest BCUT2D eigenvalue weighted by atomic mass is 16.5. The van der Waals surface area contributed by atoms with Gasteiger partial charge in [0.15, 0.2) is 0 Å². The summed E-state index contributed by atoms with van der Waals surface area (Å²) in [5.74, 6) is 1.82. The molecular weight excluding hydrogens is 236 g/mol. The molecule has 1 fully saturated rings. The summed E-state index contributed by atoms with van der Waals surface area (Å²) in [5, 5.41) is 0. The van der Waals surface area contributed by atoms with Gasteiger partial charge in [0.25, 0.3) is 0 Å². The fourth-order valence-electron chi connectivity index (χ4n) is 2.45. The van der Waals surface area contributed by atoms with Crippen LogP contribution in [0.2, 0.25) is 0 Å². The van der Waals surface area contributed by atoms with Gasteiger partial charge >= 0.3 is 0 Å². The third kappa shape index (κ3) is 4.22. The molecule has 0 amide bonds. The minimum Gasteiger partial charge on any atom is -0.491 e. The number of nitrogens with zero attached hydrogens (tertiary/aromatic N) is 1. The number of benzene rings is 1. The molecule has 0 aromatic heterocycles. The highest BCUT2D eigenvalue weighted by Gasteiger charge is 2.26. The van der Waals surface area contributed by atoms with Crippen LogP contribution in [-0.4, -0.2) is 31.1 Å².